The summed E-state index contributed by atoms with van der Waals surface area (Å²) in [6.45, 7) is 11.4. The summed E-state index contributed by atoms with van der Waals surface area (Å²) in [6.07, 6.45) is 6.44. The standard InChI is InChI=1S/C27H36N6O2S/c1-18-15-32(12-13-35-18)24-7-5-6-21(29-24)23-17-36-26(31-23)30-22(19-8-9-19)14-28-25(34)20-10-11-33(16-20)27(2,3)4/h5-7,10-11,16-19,22H,8-9,12-15H2,1-4H3,(H,28,34)(H,30,31). The molecule has 1 aliphatic heterocycles. The van der Waals surface area contributed by atoms with Crippen LogP contribution in [0.25, 0.3) is 11.4 Å². The Morgan fingerprint density at radius 2 is 2.06 bits per heavy atom. The summed E-state index contributed by atoms with van der Waals surface area (Å²) < 4.78 is 7.74. The van der Waals surface area contributed by atoms with E-state index >= 15 is 0 Å². The lowest BCUT2D eigenvalue weighted by Crippen LogP contribution is -2.41. The highest BCUT2D eigenvalue weighted by atomic mass is 32.1. The number of hydrogen-bond acceptors (Lipinski definition) is 7. The van der Waals surface area contributed by atoms with Crippen LogP contribution in [0.1, 0.15) is 50.9 Å². The minimum absolute atomic E-state index is 0.0382. The molecule has 0 bridgehead atoms. The minimum atomic E-state index is -0.0474. The quantitative estimate of drug-likeness (QED) is 0.462. The number of thiazole rings is 1. The van der Waals surface area contributed by atoms with E-state index in [1.807, 2.05) is 36.0 Å². The Balaban J connectivity index is 1.21. The van der Waals surface area contributed by atoms with Crippen molar-refractivity contribution in [3.8, 4) is 11.4 Å². The summed E-state index contributed by atoms with van der Waals surface area (Å²) in [7, 11) is 0. The lowest BCUT2D eigenvalue weighted by atomic mass is 10.1. The first-order valence-electron chi connectivity index (χ1n) is 12.8. The van der Waals surface area contributed by atoms with Crippen molar-refractivity contribution in [1.29, 1.82) is 0 Å². The Morgan fingerprint density at radius 1 is 1.22 bits per heavy atom. The van der Waals surface area contributed by atoms with Crippen molar-refractivity contribution in [1.82, 2.24) is 19.9 Å². The number of nitrogens with zero attached hydrogens (tertiary/aromatic N) is 4. The molecule has 2 aliphatic rings. The van der Waals surface area contributed by atoms with E-state index in [0.717, 1.165) is 42.0 Å². The number of pyridine rings is 1. The first-order chi connectivity index (χ1) is 17.3. The van der Waals surface area contributed by atoms with Crippen LogP contribution < -0.4 is 15.5 Å². The van der Waals surface area contributed by atoms with Gasteiger partial charge in [-0.05, 0) is 64.7 Å². The van der Waals surface area contributed by atoms with Gasteiger partial charge in [0, 0.05) is 49.0 Å². The summed E-state index contributed by atoms with van der Waals surface area (Å²) in [4.78, 5) is 24.8. The molecule has 4 heterocycles. The average molecular weight is 509 g/mol. The summed E-state index contributed by atoms with van der Waals surface area (Å²) in [5.74, 6) is 1.48. The van der Waals surface area contributed by atoms with Gasteiger partial charge in [-0.25, -0.2) is 9.97 Å². The third-order valence-corrected chi connectivity index (χ3v) is 7.55. The maximum atomic E-state index is 12.8. The van der Waals surface area contributed by atoms with Crippen LogP contribution >= 0.6 is 11.3 Å². The number of morpholine rings is 1. The number of carbonyl (C=O) groups excluding carboxylic acids is 1. The van der Waals surface area contributed by atoms with E-state index in [-0.39, 0.29) is 23.6 Å². The molecular formula is C27H36N6O2S. The summed E-state index contributed by atoms with van der Waals surface area (Å²) in [5.41, 5.74) is 2.38. The van der Waals surface area contributed by atoms with Gasteiger partial charge in [0.25, 0.3) is 5.91 Å². The van der Waals surface area contributed by atoms with E-state index in [1.54, 1.807) is 11.3 Å². The van der Waals surface area contributed by atoms with Gasteiger partial charge in [-0.2, -0.15) is 0 Å². The Kier molecular flexibility index (Phi) is 7.03. The van der Waals surface area contributed by atoms with Crippen LogP contribution in [0.2, 0.25) is 0 Å². The van der Waals surface area contributed by atoms with Crippen molar-refractivity contribution in [3.05, 3.63) is 47.6 Å². The lowest BCUT2D eigenvalue weighted by Gasteiger charge is -2.32. The Morgan fingerprint density at radius 3 is 2.78 bits per heavy atom. The fourth-order valence-electron chi connectivity index (χ4n) is 4.47. The molecule has 9 heteroatoms. The van der Waals surface area contributed by atoms with Crippen LogP contribution in [-0.4, -0.2) is 58.8 Å². The zero-order valence-electron chi connectivity index (χ0n) is 21.5. The predicted octanol–water partition coefficient (Wildman–Crippen LogP) is 4.61. The second-order valence-corrected chi connectivity index (χ2v) is 11.7. The molecule has 2 fully saturated rings. The molecule has 0 aromatic carbocycles. The average Bonchev–Trinajstić information content (AvgIpc) is 3.37. The van der Waals surface area contributed by atoms with E-state index in [0.29, 0.717) is 18.0 Å². The van der Waals surface area contributed by atoms with Crippen molar-refractivity contribution >= 4 is 28.2 Å². The van der Waals surface area contributed by atoms with Crippen molar-refractivity contribution in [2.45, 2.75) is 58.2 Å². The zero-order chi connectivity index (χ0) is 25.3. The van der Waals surface area contributed by atoms with Crippen LogP contribution in [0.3, 0.4) is 0 Å². The molecule has 2 N–H and O–H groups in total. The zero-order valence-corrected chi connectivity index (χ0v) is 22.3. The summed E-state index contributed by atoms with van der Waals surface area (Å²) in [6, 6.07) is 8.14. The maximum Gasteiger partial charge on any atom is 0.252 e. The molecule has 2 atom stereocenters. The van der Waals surface area contributed by atoms with Gasteiger partial charge in [-0.3, -0.25) is 4.79 Å². The molecular weight excluding hydrogens is 472 g/mol. The molecule has 0 spiro atoms. The fourth-order valence-corrected chi connectivity index (χ4v) is 5.24. The molecule has 36 heavy (non-hydrogen) atoms. The van der Waals surface area contributed by atoms with E-state index in [4.69, 9.17) is 14.7 Å². The van der Waals surface area contributed by atoms with Crippen LogP contribution in [0.4, 0.5) is 10.9 Å². The molecule has 1 amide bonds. The molecule has 1 saturated carbocycles. The van der Waals surface area contributed by atoms with Gasteiger partial charge in [0.1, 0.15) is 11.5 Å². The highest BCUT2D eigenvalue weighted by Gasteiger charge is 2.32. The second-order valence-electron chi connectivity index (χ2n) is 10.8. The maximum absolute atomic E-state index is 12.8. The highest BCUT2D eigenvalue weighted by molar-refractivity contribution is 7.14. The first-order valence-corrected chi connectivity index (χ1v) is 13.7. The molecule has 8 nitrogen and oxygen atoms in total. The van der Waals surface area contributed by atoms with Crippen LogP contribution in [-0.2, 0) is 10.3 Å². The number of anilines is 2. The predicted molar refractivity (Wildman–Crippen MR) is 145 cm³/mol. The number of nitrogens with one attached hydrogen (secondary N) is 2. The van der Waals surface area contributed by atoms with Gasteiger partial charge < -0.3 is 24.8 Å². The van der Waals surface area contributed by atoms with E-state index in [9.17, 15) is 4.79 Å². The van der Waals surface area contributed by atoms with Crippen LogP contribution in [0.5, 0.6) is 0 Å². The van der Waals surface area contributed by atoms with Gasteiger partial charge in [0.15, 0.2) is 5.13 Å². The van der Waals surface area contributed by atoms with Crippen molar-refractivity contribution in [2.24, 2.45) is 5.92 Å². The molecule has 3 aromatic rings. The minimum Gasteiger partial charge on any atom is -0.375 e. The molecule has 0 radical (unpaired) electrons. The molecule has 192 valence electrons. The van der Waals surface area contributed by atoms with Crippen molar-refractivity contribution < 1.29 is 9.53 Å². The van der Waals surface area contributed by atoms with Gasteiger partial charge >= 0.3 is 0 Å². The number of rotatable bonds is 8. The Labute approximate surface area is 217 Å². The Hall–Kier alpha value is -2.91. The smallest absolute Gasteiger partial charge is 0.252 e. The number of aromatic nitrogens is 3. The molecule has 5 rings (SSSR count). The number of carbonyl (C=O) groups is 1. The monoisotopic (exact) mass is 508 g/mol. The summed E-state index contributed by atoms with van der Waals surface area (Å²) in [5, 5.41) is 9.62. The fraction of sp³-hybridized carbons (Fsp3) is 0.519. The first kappa shape index (κ1) is 24.8. The van der Waals surface area contributed by atoms with Crippen molar-refractivity contribution in [2.75, 3.05) is 36.5 Å². The molecule has 1 aliphatic carbocycles. The molecule has 1 saturated heterocycles. The van der Waals surface area contributed by atoms with Crippen molar-refractivity contribution in [3.63, 3.8) is 0 Å². The second kappa shape index (κ2) is 10.2. The molecule has 2 unspecified atom stereocenters. The largest absolute Gasteiger partial charge is 0.375 e. The third kappa shape index (κ3) is 5.90. The van der Waals surface area contributed by atoms with E-state index < -0.39 is 0 Å². The van der Waals surface area contributed by atoms with Gasteiger partial charge in [0.05, 0.1) is 24.0 Å². The van der Waals surface area contributed by atoms with Gasteiger partial charge in [-0.15, -0.1) is 11.3 Å². The number of amides is 1. The van der Waals surface area contributed by atoms with Gasteiger partial charge in [-0.1, -0.05) is 6.07 Å². The lowest BCUT2D eigenvalue weighted by molar-refractivity contribution is 0.0529. The Bertz CT molecular complexity index is 1190. The van der Waals surface area contributed by atoms with Crippen LogP contribution in [0.15, 0.2) is 42.0 Å². The topological polar surface area (TPSA) is 84.3 Å². The SMILES string of the molecule is CC1CN(c2cccc(-c3csc(NC(CNC(=O)c4ccn(C(C)(C)C)c4)C4CC4)n3)n2)CCO1. The summed E-state index contributed by atoms with van der Waals surface area (Å²) >= 11 is 1.58. The van der Waals surface area contributed by atoms with E-state index in [1.165, 1.54) is 12.8 Å². The van der Waals surface area contributed by atoms with Gasteiger partial charge in [0.2, 0.25) is 0 Å². The number of hydrogen-bond donors (Lipinski definition) is 2. The third-order valence-electron chi connectivity index (χ3n) is 6.78. The van der Waals surface area contributed by atoms with E-state index in [2.05, 4.69) is 53.9 Å². The van der Waals surface area contributed by atoms with Crippen LogP contribution in [0, 0.1) is 5.92 Å². The number of ether oxygens (including phenoxy) is 1. The normalized spacial score (nSPS) is 19.2. The highest BCUT2D eigenvalue weighted by Crippen LogP contribution is 2.35. The molecule has 3 aromatic heterocycles.